The molecule has 2 rings (SSSR count). The molecule has 20 heavy (non-hydrogen) atoms. The molecule has 0 aromatic rings. The Balaban J connectivity index is 0.00000200. The van der Waals surface area contributed by atoms with Crippen LogP contribution >= 0.6 is 0 Å². The standard InChI is InChI=1S/C16H29NO2.Na/c1-13(2)16(15(18)19)14-11-9-7-5-3-4-6-8-10-12-17(14)16;/h13-14H,3-12H2,1-2H3,(H,18,19);/q;+1/p-1/t14?,16-,17?;/m1./s1. The van der Waals surface area contributed by atoms with E-state index in [1.54, 1.807) is 0 Å². The molecule has 2 heterocycles. The fourth-order valence-electron chi connectivity index (χ4n) is 4.03. The van der Waals surface area contributed by atoms with E-state index in [2.05, 4.69) is 4.90 Å². The van der Waals surface area contributed by atoms with Crippen molar-refractivity contribution in [3.8, 4) is 0 Å². The Kier molecular flexibility index (Phi) is 7.54. The third-order valence-electron chi connectivity index (χ3n) is 5.13. The van der Waals surface area contributed by atoms with E-state index in [4.69, 9.17) is 0 Å². The quantitative estimate of drug-likeness (QED) is 0.501. The van der Waals surface area contributed by atoms with Crippen LogP contribution in [0.3, 0.4) is 0 Å². The van der Waals surface area contributed by atoms with Crippen molar-refractivity contribution in [2.75, 3.05) is 6.54 Å². The molecule has 0 aromatic carbocycles. The second-order valence-electron chi connectivity index (χ2n) is 6.59. The van der Waals surface area contributed by atoms with Gasteiger partial charge in [0.1, 0.15) is 0 Å². The van der Waals surface area contributed by atoms with E-state index in [1.165, 1.54) is 44.9 Å². The van der Waals surface area contributed by atoms with Crippen LogP contribution in [0.5, 0.6) is 0 Å². The van der Waals surface area contributed by atoms with Gasteiger partial charge < -0.3 is 9.90 Å². The number of carboxylic acid groups (broad SMARTS) is 1. The van der Waals surface area contributed by atoms with Gasteiger partial charge in [-0.2, -0.15) is 0 Å². The minimum atomic E-state index is -0.845. The zero-order chi connectivity index (χ0) is 13.9. The summed E-state index contributed by atoms with van der Waals surface area (Å²) in [7, 11) is 0. The molecule has 0 radical (unpaired) electrons. The molecule has 2 fully saturated rings. The van der Waals surface area contributed by atoms with Crippen LogP contribution in [0.2, 0.25) is 0 Å². The molecule has 0 amide bonds. The van der Waals surface area contributed by atoms with E-state index in [9.17, 15) is 9.90 Å². The van der Waals surface area contributed by atoms with Gasteiger partial charge >= 0.3 is 29.6 Å². The van der Waals surface area contributed by atoms with Crippen molar-refractivity contribution in [2.24, 2.45) is 5.92 Å². The van der Waals surface area contributed by atoms with Crippen molar-refractivity contribution >= 4 is 5.97 Å². The fraction of sp³-hybridized carbons (Fsp3) is 0.938. The molecule has 3 atom stereocenters. The van der Waals surface area contributed by atoms with Gasteiger partial charge in [-0.1, -0.05) is 58.8 Å². The third kappa shape index (κ3) is 3.60. The Morgan fingerprint density at radius 2 is 1.55 bits per heavy atom. The molecule has 0 spiro atoms. The summed E-state index contributed by atoms with van der Waals surface area (Å²) in [6.45, 7) is 5.00. The van der Waals surface area contributed by atoms with E-state index in [0.29, 0.717) is 0 Å². The maximum Gasteiger partial charge on any atom is 1.00 e. The summed E-state index contributed by atoms with van der Waals surface area (Å²) in [4.78, 5) is 13.9. The van der Waals surface area contributed by atoms with Crippen LogP contribution in [-0.2, 0) is 4.79 Å². The van der Waals surface area contributed by atoms with Gasteiger partial charge in [0.15, 0.2) is 0 Å². The van der Waals surface area contributed by atoms with Crippen LogP contribution in [0, 0.1) is 5.92 Å². The zero-order valence-electron chi connectivity index (χ0n) is 13.5. The maximum absolute atomic E-state index is 11.7. The van der Waals surface area contributed by atoms with Crippen LogP contribution in [0.15, 0.2) is 0 Å². The van der Waals surface area contributed by atoms with Gasteiger partial charge in [-0.3, -0.25) is 4.90 Å². The van der Waals surface area contributed by atoms with E-state index in [-0.39, 0.29) is 41.5 Å². The number of carbonyl (C=O) groups excluding carboxylic acids is 1. The number of hydrogen-bond acceptors (Lipinski definition) is 3. The second-order valence-corrected chi connectivity index (χ2v) is 6.59. The van der Waals surface area contributed by atoms with E-state index in [1.807, 2.05) is 13.8 Å². The fourth-order valence-corrected chi connectivity index (χ4v) is 4.03. The Morgan fingerprint density at radius 3 is 2.05 bits per heavy atom. The summed E-state index contributed by atoms with van der Waals surface area (Å²) in [5.41, 5.74) is -0.659. The first-order valence-electron chi connectivity index (χ1n) is 8.10. The van der Waals surface area contributed by atoms with Crippen LogP contribution in [0.25, 0.3) is 0 Å². The minimum Gasteiger partial charge on any atom is -0.548 e. The van der Waals surface area contributed by atoms with Gasteiger partial charge in [-0.05, 0) is 25.3 Å². The normalized spacial score (nSPS) is 35.1. The molecule has 110 valence electrons. The summed E-state index contributed by atoms with van der Waals surface area (Å²) in [5.74, 6) is -0.699. The first-order valence-corrected chi connectivity index (χ1v) is 8.10. The van der Waals surface area contributed by atoms with Crippen LogP contribution < -0.4 is 34.7 Å². The van der Waals surface area contributed by atoms with Gasteiger partial charge in [0.05, 0.1) is 11.5 Å². The predicted octanol–water partition coefficient (Wildman–Crippen LogP) is -0.656. The Hall–Kier alpha value is 0.430. The summed E-state index contributed by atoms with van der Waals surface area (Å²) in [6, 6.07) is 0.233. The average molecular weight is 289 g/mol. The van der Waals surface area contributed by atoms with Crippen LogP contribution in [0.1, 0.15) is 71.6 Å². The summed E-state index contributed by atoms with van der Waals surface area (Å²) < 4.78 is 0. The molecule has 0 bridgehead atoms. The molecular weight excluding hydrogens is 261 g/mol. The van der Waals surface area contributed by atoms with Crippen molar-refractivity contribution in [1.29, 1.82) is 0 Å². The van der Waals surface area contributed by atoms with E-state index < -0.39 is 11.5 Å². The van der Waals surface area contributed by atoms with E-state index >= 15 is 0 Å². The third-order valence-corrected chi connectivity index (χ3v) is 5.13. The Bertz CT molecular complexity index is 302. The molecule has 0 aliphatic carbocycles. The summed E-state index contributed by atoms with van der Waals surface area (Å²) in [6.07, 6.45) is 11.2. The number of carboxylic acids is 1. The summed E-state index contributed by atoms with van der Waals surface area (Å²) >= 11 is 0. The van der Waals surface area contributed by atoms with Crippen LogP contribution in [0.4, 0.5) is 0 Å². The number of fused-ring (bicyclic) bond motifs is 1. The number of nitrogens with zero attached hydrogens (tertiary/aromatic N) is 1. The molecule has 0 aromatic heterocycles. The summed E-state index contributed by atoms with van der Waals surface area (Å²) in [5, 5.41) is 11.7. The minimum absolute atomic E-state index is 0. The van der Waals surface area contributed by atoms with Gasteiger partial charge in [0.2, 0.25) is 0 Å². The number of rotatable bonds is 2. The van der Waals surface area contributed by atoms with E-state index in [0.717, 1.165) is 19.4 Å². The maximum atomic E-state index is 11.7. The molecular formula is C16H28NNaO2. The predicted molar refractivity (Wildman–Crippen MR) is 74.6 cm³/mol. The van der Waals surface area contributed by atoms with Crippen molar-refractivity contribution < 1.29 is 39.5 Å². The van der Waals surface area contributed by atoms with Crippen LogP contribution in [-0.4, -0.2) is 29.0 Å². The average Bonchev–Trinajstić information content (AvgIpc) is 2.97. The number of aliphatic carboxylic acids is 1. The largest absolute Gasteiger partial charge is 1.00 e. The second kappa shape index (κ2) is 8.17. The van der Waals surface area contributed by atoms with Gasteiger partial charge in [0, 0.05) is 6.04 Å². The Labute approximate surface area is 145 Å². The monoisotopic (exact) mass is 289 g/mol. The van der Waals surface area contributed by atoms with Crippen molar-refractivity contribution in [3.63, 3.8) is 0 Å². The zero-order valence-corrected chi connectivity index (χ0v) is 15.5. The van der Waals surface area contributed by atoms with Crippen molar-refractivity contribution in [2.45, 2.75) is 83.2 Å². The first kappa shape index (κ1) is 18.5. The molecule has 2 saturated heterocycles. The number of carbonyl (C=O) groups is 1. The topological polar surface area (TPSA) is 43.1 Å². The van der Waals surface area contributed by atoms with Gasteiger partial charge in [-0.15, -0.1) is 0 Å². The van der Waals surface area contributed by atoms with Crippen molar-refractivity contribution in [1.82, 2.24) is 4.90 Å². The smallest absolute Gasteiger partial charge is 0.548 e. The molecule has 2 aliphatic heterocycles. The molecule has 0 saturated carbocycles. The first-order chi connectivity index (χ1) is 9.11. The van der Waals surface area contributed by atoms with Gasteiger partial charge in [0.25, 0.3) is 0 Å². The molecule has 0 N–H and O–H groups in total. The molecule has 2 unspecified atom stereocenters. The Morgan fingerprint density at radius 1 is 1.05 bits per heavy atom. The van der Waals surface area contributed by atoms with Gasteiger partial charge in [-0.25, -0.2) is 0 Å². The molecule has 2 aliphatic rings. The molecule has 4 heteroatoms. The van der Waals surface area contributed by atoms with Crippen molar-refractivity contribution in [3.05, 3.63) is 0 Å². The number of hydrogen-bond donors (Lipinski definition) is 0. The SMILES string of the molecule is CC(C)[C@]1(C(=O)[O-])C2CCCCCCCCCCN21.[Na+]. The molecule has 3 nitrogen and oxygen atoms in total.